The number of hydrogen-bond donors (Lipinski definition) is 2. The standard InChI is InChI=1S/C8H17NO/c1-6(2)7-3-4-9-5-8(7)10/h6-10H,3-5H2,1-2H3/t7-,8+/m1/s1. The number of aliphatic hydroxyl groups is 1. The molecule has 10 heavy (non-hydrogen) atoms. The highest BCUT2D eigenvalue weighted by molar-refractivity contribution is 4.78. The molecule has 0 bridgehead atoms. The van der Waals surface area contributed by atoms with Gasteiger partial charge in [0, 0.05) is 6.54 Å². The molecule has 1 fully saturated rings. The van der Waals surface area contributed by atoms with E-state index in [9.17, 15) is 5.11 Å². The van der Waals surface area contributed by atoms with Gasteiger partial charge in [-0.3, -0.25) is 0 Å². The van der Waals surface area contributed by atoms with Gasteiger partial charge in [-0.1, -0.05) is 13.8 Å². The quantitative estimate of drug-likeness (QED) is 0.564. The van der Waals surface area contributed by atoms with Crippen LogP contribution in [0.1, 0.15) is 20.3 Å². The first kappa shape index (κ1) is 8.02. The predicted molar refractivity (Wildman–Crippen MR) is 41.8 cm³/mol. The third kappa shape index (κ3) is 1.70. The molecule has 2 atom stereocenters. The number of aliphatic hydroxyl groups excluding tert-OH is 1. The molecule has 1 rings (SSSR count). The smallest absolute Gasteiger partial charge is 0.0695 e. The molecule has 1 saturated heterocycles. The molecule has 0 aliphatic carbocycles. The number of hydrogen-bond acceptors (Lipinski definition) is 2. The molecule has 0 saturated carbocycles. The molecular formula is C8H17NO. The summed E-state index contributed by atoms with van der Waals surface area (Å²) >= 11 is 0. The van der Waals surface area contributed by atoms with Crippen molar-refractivity contribution in [2.24, 2.45) is 11.8 Å². The van der Waals surface area contributed by atoms with Crippen molar-refractivity contribution >= 4 is 0 Å². The van der Waals surface area contributed by atoms with Gasteiger partial charge in [-0.25, -0.2) is 0 Å². The second kappa shape index (κ2) is 3.35. The first-order chi connectivity index (χ1) is 4.72. The van der Waals surface area contributed by atoms with E-state index in [0.717, 1.165) is 19.5 Å². The van der Waals surface area contributed by atoms with Gasteiger partial charge in [-0.15, -0.1) is 0 Å². The van der Waals surface area contributed by atoms with E-state index in [2.05, 4.69) is 19.2 Å². The Morgan fingerprint density at radius 2 is 2.20 bits per heavy atom. The molecule has 2 N–H and O–H groups in total. The van der Waals surface area contributed by atoms with E-state index in [-0.39, 0.29) is 6.10 Å². The monoisotopic (exact) mass is 143 g/mol. The summed E-state index contributed by atoms with van der Waals surface area (Å²) in [5.41, 5.74) is 0. The van der Waals surface area contributed by atoms with Crippen LogP contribution in [0.3, 0.4) is 0 Å². The number of rotatable bonds is 1. The zero-order valence-corrected chi connectivity index (χ0v) is 6.80. The van der Waals surface area contributed by atoms with E-state index in [1.165, 1.54) is 0 Å². The fraction of sp³-hybridized carbons (Fsp3) is 1.00. The maximum Gasteiger partial charge on any atom is 0.0695 e. The van der Waals surface area contributed by atoms with Crippen molar-refractivity contribution in [3.63, 3.8) is 0 Å². The molecule has 2 nitrogen and oxygen atoms in total. The van der Waals surface area contributed by atoms with Gasteiger partial charge in [0.1, 0.15) is 0 Å². The summed E-state index contributed by atoms with van der Waals surface area (Å²) in [4.78, 5) is 0. The Bertz CT molecular complexity index is 103. The van der Waals surface area contributed by atoms with E-state index in [4.69, 9.17) is 0 Å². The molecule has 0 aromatic rings. The minimum atomic E-state index is -0.117. The van der Waals surface area contributed by atoms with Gasteiger partial charge in [-0.05, 0) is 24.8 Å². The van der Waals surface area contributed by atoms with Crippen LogP contribution in [0.4, 0.5) is 0 Å². The van der Waals surface area contributed by atoms with E-state index in [1.54, 1.807) is 0 Å². The van der Waals surface area contributed by atoms with Crippen LogP contribution in [0, 0.1) is 11.8 Å². The SMILES string of the molecule is CC(C)[C@H]1CCNC[C@@H]1O. The van der Waals surface area contributed by atoms with Gasteiger partial charge < -0.3 is 10.4 Å². The first-order valence-electron chi connectivity index (χ1n) is 4.10. The Hall–Kier alpha value is -0.0800. The maximum atomic E-state index is 9.48. The van der Waals surface area contributed by atoms with Gasteiger partial charge in [0.05, 0.1) is 6.10 Å². The van der Waals surface area contributed by atoms with Crippen molar-refractivity contribution in [2.75, 3.05) is 13.1 Å². The van der Waals surface area contributed by atoms with Crippen molar-refractivity contribution in [1.29, 1.82) is 0 Å². The molecule has 1 aliphatic heterocycles. The normalized spacial score (nSPS) is 34.8. The third-order valence-corrected chi connectivity index (χ3v) is 2.36. The largest absolute Gasteiger partial charge is 0.392 e. The van der Waals surface area contributed by atoms with E-state index in [0.29, 0.717) is 11.8 Å². The van der Waals surface area contributed by atoms with Crippen LogP contribution in [0.25, 0.3) is 0 Å². The van der Waals surface area contributed by atoms with Gasteiger partial charge >= 0.3 is 0 Å². The highest BCUT2D eigenvalue weighted by Gasteiger charge is 2.24. The Labute approximate surface area is 62.6 Å². The lowest BCUT2D eigenvalue weighted by Crippen LogP contribution is -2.42. The van der Waals surface area contributed by atoms with Gasteiger partial charge in [-0.2, -0.15) is 0 Å². The molecule has 1 aliphatic rings. The van der Waals surface area contributed by atoms with E-state index >= 15 is 0 Å². The third-order valence-electron chi connectivity index (χ3n) is 2.36. The molecule has 60 valence electrons. The van der Waals surface area contributed by atoms with E-state index in [1.807, 2.05) is 0 Å². The summed E-state index contributed by atoms with van der Waals surface area (Å²) in [6, 6.07) is 0. The molecule has 0 radical (unpaired) electrons. The van der Waals surface area contributed by atoms with Crippen molar-refractivity contribution in [3.8, 4) is 0 Å². The van der Waals surface area contributed by atoms with Crippen LogP contribution < -0.4 is 5.32 Å². The minimum absolute atomic E-state index is 0.117. The summed E-state index contributed by atoms with van der Waals surface area (Å²) < 4.78 is 0. The van der Waals surface area contributed by atoms with Crippen LogP contribution in [-0.2, 0) is 0 Å². The summed E-state index contributed by atoms with van der Waals surface area (Å²) in [5, 5.41) is 12.6. The van der Waals surface area contributed by atoms with E-state index < -0.39 is 0 Å². The van der Waals surface area contributed by atoms with Gasteiger partial charge in [0.15, 0.2) is 0 Å². The molecule has 0 unspecified atom stereocenters. The zero-order valence-electron chi connectivity index (χ0n) is 6.80. The average Bonchev–Trinajstić information content (AvgIpc) is 1.88. The maximum absolute atomic E-state index is 9.48. The molecule has 1 heterocycles. The predicted octanol–water partition coefficient (Wildman–Crippen LogP) is 0.613. The van der Waals surface area contributed by atoms with Crippen molar-refractivity contribution < 1.29 is 5.11 Å². The Balaban J connectivity index is 2.40. The van der Waals surface area contributed by atoms with Crippen LogP contribution in [0.15, 0.2) is 0 Å². The number of nitrogens with one attached hydrogen (secondary N) is 1. The zero-order chi connectivity index (χ0) is 7.56. The van der Waals surface area contributed by atoms with Crippen LogP contribution in [0.5, 0.6) is 0 Å². The summed E-state index contributed by atoms with van der Waals surface area (Å²) in [6.07, 6.45) is 1.01. The van der Waals surface area contributed by atoms with Gasteiger partial charge in [0.2, 0.25) is 0 Å². The number of piperidine rings is 1. The molecule has 0 aromatic heterocycles. The second-order valence-electron chi connectivity index (χ2n) is 3.47. The molecule has 0 aromatic carbocycles. The topological polar surface area (TPSA) is 32.3 Å². The second-order valence-corrected chi connectivity index (χ2v) is 3.47. The van der Waals surface area contributed by atoms with Crippen molar-refractivity contribution in [3.05, 3.63) is 0 Å². The summed E-state index contributed by atoms with van der Waals surface area (Å²) in [6.45, 7) is 6.21. The minimum Gasteiger partial charge on any atom is -0.392 e. The summed E-state index contributed by atoms with van der Waals surface area (Å²) in [7, 11) is 0. The first-order valence-corrected chi connectivity index (χ1v) is 4.10. The Morgan fingerprint density at radius 3 is 2.60 bits per heavy atom. The lowest BCUT2D eigenvalue weighted by Gasteiger charge is -2.31. The molecule has 0 amide bonds. The Morgan fingerprint density at radius 1 is 1.50 bits per heavy atom. The highest BCUT2D eigenvalue weighted by Crippen LogP contribution is 2.20. The van der Waals surface area contributed by atoms with Crippen LogP contribution in [-0.4, -0.2) is 24.3 Å². The summed E-state index contributed by atoms with van der Waals surface area (Å²) in [5.74, 6) is 1.14. The van der Waals surface area contributed by atoms with Crippen molar-refractivity contribution in [1.82, 2.24) is 5.32 Å². The average molecular weight is 143 g/mol. The van der Waals surface area contributed by atoms with Gasteiger partial charge in [0.25, 0.3) is 0 Å². The number of β-amino-alcohol motifs (C(OH)–C–C–N with tert-alkyl or cyclic N) is 1. The van der Waals surface area contributed by atoms with Crippen LogP contribution in [0.2, 0.25) is 0 Å². The van der Waals surface area contributed by atoms with Crippen LogP contribution >= 0.6 is 0 Å². The fourth-order valence-corrected chi connectivity index (χ4v) is 1.64. The molecule has 0 spiro atoms. The molecule has 2 heteroatoms. The lowest BCUT2D eigenvalue weighted by molar-refractivity contribution is 0.0570. The highest BCUT2D eigenvalue weighted by atomic mass is 16.3. The fourth-order valence-electron chi connectivity index (χ4n) is 1.64. The lowest BCUT2D eigenvalue weighted by atomic mass is 9.85. The Kier molecular flexibility index (Phi) is 2.69. The van der Waals surface area contributed by atoms with Crippen molar-refractivity contribution in [2.45, 2.75) is 26.4 Å². The molecular weight excluding hydrogens is 126 g/mol.